The maximum atomic E-state index is 12.9. The second-order valence-corrected chi connectivity index (χ2v) is 6.56. The van der Waals surface area contributed by atoms with E-state index in [9.17, 15) is 18.0 Å². The van der Waals surface area contributed by atoms with E-state index in [1.165, 1.54) is 6.07 Å². The third-order valence-corrected chi connectivity index (χ3v) is 4.47. The number of rotatable bonds is 5. The van der Waals surface area contributed by atoms with Gasteiger partial charge in [0.05, 0.1) is 11.6 Å². The molecule has 0 saturated carbocycles. The third-order valence-electron chi connectivity index (χ3n) is 4.47. The van der Waals surface area contributed by atoms with Crippen molar-refractivity contribution in [3.8, 4) is 0 Å². The lowest BCUT2D eigenvalue weighted by molar-refractivity contribution is -0.137. The highest BCUT2D eigenvalue weighted by atomic mass is 35.5. The summed E-state index contributed by atoms with van der Waals surface area (Å²) in [6, 6.07) is 4.76. The Labute approximate surface area is 146 Å². The summed E-state index contributed by atoms with van der Waals surface area (Å²) in [6.07, 6.45) is -4.38. The Bertz CT molecular complexity index is 559. The van der Waals surface area contributed by atoms with E-state index in [1.807, 2.05) is 20.8 Å². The molecule has 1 aliphatic rings. The van der Waals surface area contributed by atoms with Crippen LogP contribution >= 0.6 is 12.4 Å². The zero-order chi connectivity index (χ0) is 17.2. The maximum absolute atomic E-state index is 12.9. The number of hydrogen-bond acceptors (Lipinski definition) is 2. The van der Waals surface area contributed by atoms with Gasteiger partial charge in [0.25, 0.3) is 0 Å². The fourth-order valence-corrected chi connectivity index (χ4v) is 2.71. The zero-order valence-electron chi connectivity index (χ0n) is 14.0. The standard InChI is InChI=1S/C17H23F3N2O.ClH/c1-10(2)15(22-16(23)11(3)13-8-21-9-13)12-5-4-6-14(7-12)17(18,19)20;/h4-7,10-11,13,15,21H,8-9H2,1-3H3,(H,22,23);1H. The van der Waals surface area contributed by atoms with E-state index >= 15 is 0 Å². The molecule has 1 fully saturated rings. The zero-order valence-corrected chi connectivity index (χ0v) is 14.8. The molecule has 0 radical (unpaired) electrons. The van der Waals surface area contributed by atoms with Crippen molar-refractivity contribution in [1.29, 1.82) is 0 Å². The molecule has 0 bridgehead atoms. The van der Waals surface area contributed by atoms with Crippen LogP contribution in [0.2, 0.25) is 0 Å². The molecule has 3 nitrogen and oxygen atoms in total. The molecule has 2 unspecified atom stereocenters. The molecule has 2 rings (SSSR count). The van der Waals surface area contributed by atoms with Gasteiger partial charge in [0.1, 0.15) is 0 Å². The van der Waals surface area contributed by atoms with Crippen molar-refractivity contribution >= 4 is 18.3 Å². The van der Waals surface area contributed by atoms with E-state index < -0.39 is 17.8 Å². The molecule has 136 valence electrons. The fourth-order valence-electron chi connectivity index (χ4n) is 2.71. The molecule has 0 spiro atoms. The van der Waals surface area contributed by atoms with Crippen LogP contribution < -0.4 is 10.6 Å². The Morgan fingerprint density at radius 2 is 1.88 bits per heavy atom. The van der Waals surface area contributed by atoms with Crippen molar-refractivity contribution in [2.75, 3.05) is 13.1 Å². The normalized spacial score (nSPS) is 17.6. The maximum Gasteiger partial charge on any atom is 0.416 e. The highest BCUT2D eigenvalue weighted by molar-refractivity contribution is 5.85. The minimum atomic E-state index is -4.38. The van der Waals surface area contributed by atoms with Crippen molar-refractivity contribution < 1.29 is 18.0 Å². The van der Waals surface area contributed by atoms with Crippen LogP contribution in [0.1, 0.15) is 37.9 Å². The number of carbonyl (C=O) groups is 1. The Balaban J connectivity index is 0.00000288. The number of carbonyl (C=O) groups excluding carboxylic acids is 1. The van der Waals surface area contributed by atoms with Crippen LogP contribution in [0.25, 0.3) is 0 Å². The van der Waals surface area contributed by atoms with Gasteiger partial charge >= 0.3 is 6.18 Å². The van der Waals surface area contributed by atoms with Gasteiger partial charge in [-0.3, -0.25) is 4.79 Å². The van der Waals surface area contributed by atoms with Gasteiger partial charge in [-0.05, 0) is 42.6 Å². The first-order valence-corrected chi connectivity index (χ1v) is 7.88. The summed E-state index contributed by atoms with van der Waals surface area (Å²) in [5.74, 6) is 0.0365. The molecule has 1 heterocycles. The summed E-state index contributed by atoms with van der Waals surface area (Å²) in [4.78, 5) is 12.4. The number of nitrogens with one attached hydrogen (secondary N) is 2. The summed E-state index contributed by atoms with van der Waals surface area (Å²) in [5, 5.41) is 6.05. The number of benzene rings is 1. The quantitative estimate of drug-likeness (QED) is 0.834. The van der Waals surface area contributed by atoms with Crippen LogP contribution in [0.3, 0.4) is 0 Å². The van der Waals surface area contributed by atoms with Gasteiger partial charge in [-0.15, -0.1) is 12.4 Å². The molecule has 0 aromatic heterocycles. The Kier molecular flexibility index (Phi) is 7.10. The first-order valence-electron chi connectivity index (χ1n) is 7.88. The second kappa shape index (κ2) is 8.21. The first-order chi connectivity index (χ1) is 10.7. The van der Waals surface area contributed by atoms with Crippen molar-refractivity contribution in [2.45, 2.75) is 33.0 Å². The van der Waals surface area contributed by atoms with Crippen molar-refractivity contribution in [3.63, 3.8) is 0 Å². The van der Waals surface area contributed by atoms with Gasteiger partial charge in [-0.2, -0.15) is 13.2 Å². The summed E-state index contributed by atoms with van der Waals surface area (Å²) in [6.45, 7) is 7.26. The van der Waals surface area contributed by atoms with E-state index in [2.05, 4.69) is 10.6 Å². The number of halogens is 4. The minimum Gasteiger partial charge on any atom is -0.349 e. The molecule has 1 aromatic rings. The van der Waals surface area contributed by atoms with Crippen LogP contribution in [-0.2, 0) is 11.0 Å². The highest BCUT2D eigenvalue weighted by Gasteiger charge is 2.33. The Hall–Kier alpha value is -1.27. The molecular weight excluding hydrogens is 341 g/mol. The average molecular weight is 365 g/mol. The van der Waals surface area contributed by atoms with E-state index in [0.717, 1.165) is 25.2 Å². The van der Waals surface area contributed by atoms with Crippen molar-refractivity contribution in [3.05, 3.63) is 35.4 Å². The number of hydrogen-bond donors (Lipinski definition) is 2. The van der Waals surface area contributed by atoms with Crippen LogP contribution in [0.15, 0.2) is 24.3 Å². The Morgan fingerprint density at radius 1 is 1.25 bits per heavy atom. The van der Waals surface area contributed by atoms with Gasteiger partial charge in [-0.25, -0.2) is 0 Å². The van der Waals surface area contributed by atoms with Gasteiger partial charge in [0.2, 0.25) is 5.91 Å². The highest BCUT2D eigenvalue weighted by Crippen LogP contribution is 2.32. The Morgan fingerprint density at radius 3 is 2.33 bits per heavy atom. The molecule has 2 atom stereocenters. The summed E-state index contributed by atoms with van der Waals surface area (Å²) >= 11 is 0. The summed E-state index contributed by atoms with van der Waals surface area (Å²) in [7, 11) is 0. The molecule has 0 aliphatic carbocycles. The fraction of sp³-hybridized carbons (Fsp3) is 0.588. The lowest BCUT2D eigenvalue weighted by Gasteiger charge is -2.33. The predicted molar refractivity (Wildman–Crippen MR) is 89.9 cm³/mol. The predicted octanol–water partition coefficient (Wildman–Crippen LogP) is 3.80. The van der Waals surface area contributed by atoms with Crippen molar-refractivity contribution in [2.24, 2.45) is 17.8 Å². The smallest absolute Gasteiger partial charge is 0.349 e. The lowest BCUT2D eigenvalue weighted by Crippen LogP contribution is -2.50. The SMILES string of the molecule is CC(C)C(NC(=O)C(C)C1CNC1)c1cccc(C(F)(F)F)c1.Cl. The molecule has 1 aliphatic heterocycles. The van der Waals surface area contributed by atoms with Gasteiger partial charge < -0.3 is 10.6 Å². The van der Waals surface area contributed by atoms with Crippen molar-refractivity contribution in [1.82, 2.24) is 10.6 Å². The van der Waals surface area contributed by atoms with Crippen LogP contribution in [-0.4, -0.2) is 19.0 Å². The van der Waals surface area contributed by atoms with Gasteiger partial charge in [0, 0.05) is 5.92 Å². The van der Waals surface area contributed by atoms with E-state index in [4.69, 9.17) is 0 Å². The summed E-state index contributed by atoms with van der Waals surface area (Å²) in [5.41, 5.74) is -0.201. The monoisotopic (exact) mass is 364 g/mol. The summed E-state index contributed by atoms with van der Waals surface area (Å²) < 4.78 is 38.7. The lowest BCUT2D eigenvalue weighted by atomic mass is 9.87. The van der Waals surface area contributed by atoms with Crippen LogP contribution in [0.4, 0.5) is 13.2 Å². The second-order valence-electron chi connectivity index (χ2n) is 6.56. The average Bonchev–Trinajstić information content (AvgIpc) is 2.41. The molecule has 2 N–H and O–H groups in total. The van der Waals surface area contributed by atoms with Gasteiger partial charge in [0.15, 0.2) is 0 Å². The van der Waals surface area contributed by atoms with Crippen LogP contribution in [0, 0.1) is 17.8 Å². The molecule has 1 amide bonds. The molecule has 1 aromatic carbocycles. The van der Waals surface area contributed by atoms with E-state index in [-0.39, 0.29) is 30.2 Å². The molecule has 1 saturated heterocycles. The number of alkyl halides is 3. The molecule has 24 heavy (non-hydrogen) atoms. The topological polar surface area (TPSA) is 41.1 Å². The van der Waals surface area contributed by atoms with Crippen LogP contribution in [0.5, 0.6) is 0 Å². The largest absolute Gasteiger partial charge is 0.416 e. The van der Waals surface area contributed by atoms with E-state index in [0.29, 0.717) is 11.5 Å². The van der Waals surface area contributed by atoms with Gasteiger partial charge in [-0.1, -0.05) is 32.9 Å². The molecular formula is C17H24ClF3N2O. The minimum absolute atomic E-state index is 0. The third kappa shape index (κ3) is 4.86. The molecule has 7 heteroatoms. The number of amides is 1. The first kappa shape index (κ1) is 20.8. The van der Waals surface area contributed by atoms with E-state index in [1.54, 1.807) is 6.07 Å².